The molecule has 1 fully saturated rings. The molecule has 0 unspecified atom stereocenters. The van der Waals surface area contributed by atoms with Crippen LogP contribution < -0.4 is 20.5 Å². The van der Waals surface area contributed by atoms with Crippen molar-refractivity contribution >= 4 is 23.3 Å². The van der Waals surface area contributed by atoms with Crippen LogP contribution in [0.4, 0.5) is 0 Å². The van der Waals surface area contributed by atoms with Crippen LogP contribution in [0.25, 0.3) is 5.65 Å². The molecule has 1 amide bonds. The Morgan fingerprint density at radius 1 is 1.10 bits per heavy atom. The summed E-state index contributed by atoms with van der Waals surface area (Å²) in [5.74, 6) is 1.05. The Hall–Kier alpha value is -3.01. The maximum atomic E-state index is 12.7. The molecular weight excluding hydrogens is 418 g/mol. The molecule has 2 aromatic heterocycles. The third kappa shape index (κ3) is 4.39. The van der Waals surface area contributed by atoms with Crippen molar-refractivity contribution < 1.29 is 14.3 Å². The second kappa shape index (κ2) is 8.62. The molecule has 0 bridgehead atoms. The van der Waals surface area contributed by atoms with E-state index in [1.807, 2.05) is 24.3 Å². The van der Waals surface area contributed by atoms with Gasteiger partial charge in [0.2, 0.25) is 12.7 Å². The molecule has 2 aliphatic rings. The van der Waals surface area contributed by atoms with Crippen LogP contribution in [0.3, 0.4) is 0 Å². The Morgan fingerprint density at radius 2 is 1.94 bits per heavy atom. The Morgan fingerprint density at radius 3 is 2.81 bits per heavy atom. The number of benzene rings is 1. The first-order valence-electron chi connectivity index (χ1n) is 10.4. The van der Waals surface area contributed by atoms with E-state index in [0.29, 0.717) is 28.9 Å². The number of nitrogens with one attached hydrogen (secondary N) is 1. The Bertz CT molecular complexity index is 1170. The molecule has 9 nitrogen and oxygen atoms in total. The molecule has 1 N–H and O–H groups in total. The zero-order valence-electron chi connectivity index (χ0n) is 17.0. The van der Waals surface area contributed by atoms with Gasteiger partial charge in [0.25, 0.3) is 0 Å². The van der Waals surface area contributed by atoms with Gasteiger partial charge in [-0.05, 0) is 42.7 Å². The summed E-state index contributed by atoms with van der Waals surface area (Å²) in [6, 6.07) is 9.17. The molecule has 10 heteroatoms. The molecule has 3 aromatic rings. The molecule has 3 heterocycles. The van der Waals surface area contributed by atoms with Crippen LogP contribution in [0.1, 0.15) is 37.7 Å². The Labute approximate surface area is 182 Å². The van der Waals surface area contributed by atoms with Gasteiger partial charge in [0.1, 0.15) is 11.6 Å². The third-order valence-electron chi connectivity index (χ3n) is 5.48. The van der Waals surface area contributed by atoms with E-state index in [-0.39, 0.29) is 19.2 Å². The van der Waals surface area contributed by atoms with Crippen LogP contribution in [0, 0.1) is 0 Å². The number of ether oxygens (including phenoxy) is 2. The fraction of sp³-hybridized carbons (Fsp3) is 0.429. The summed E-state index contributed by atoms with van der Waals surface area (Å²) in [6.07, 6.45) is 6.16. The first kappa shape index (κ1) is 19.9. The number of nitrogens with zero attached hydrogens (tertiary/aromatic N) is 4. The van der Waals surface area contributed by atoms with Crippen molar-refractivity contribution in [2.45, 2.75) is 55.5 Å². The highest BCUT2D eigenvalue weighted by molar-refractivity contribution is 7.99. The molecule has 0 spiro atoms. The molecule has 1 aliphatic heterocycles. The lowest BCUT2D eigenvalue weighted by Gasteiger charge is -2.20. The van der Waals surface area contributed by atoms with Crippen molar-refractivity contribution in [3.63, 3.8) is 0 Å². The molecule has 1 aromatic carbocycles. The van der Waals surface area contributed by atoms with Crippen molar-refractivity contribution in [1.82, 2.24) is 24.7 Å². The Balaban J connectivity index is 1.23. The molecule has 0 atom stereocenters. The number of carbonyl (C=O) groups excluding carboxylic acids is 1. The third-order valence-corrected chi connectivity index (χ3v) is 6.74. The standard InChI is InChI=1S/C21H23N5O4S/c27-19(22-11-14-6-7-16-17(10-14)30-13-29-16)12-25-21(28)26-18(23-25)8-9-20(24-26)31-15-4-2-1-3-5-15/h6-10,15H,1-5,11-13H2,(H,22,27). The molecule has 1 aliphatic carbocycles. The molecule has 162 valence electrons. The van der Waals surface area contributed by atoms with Gasteiger partial charge in [0.05, 0.1) is 0 Å². The number of fused-ring (bicyclic) bond motifs is 2. The minimum Gasteiger partial charge on any atom is -0.454 e. The average molecular weight is 442 g/mol. The predicted octanol–water partition coefficient (Wildman–Crippen LogP) is 2.36. The number of carbonyl (C=O) groups is 1. The average Bonchev–Trinajstić information content (AvgIpc) is 3.37. The first-order chi connectivity index (χ1) is 15.2. The quantitative estimate of drug-likeness (QED) is 0.627. The lowest BCUT2D eigenvalue weighted by Crippen LogP contribution is -2.32. The number of hydrogen-bond acceptors (Lipinski definition) is 7. The van der Waals surface area contributed by atoms with Crippen LogP contribution >= 0.6 is 11.8 Å². The monoisotopic (exact) mass is 441 g/mol. The van der Waals surface area contributed by atoms with Gasteiger partial charge in [0.15, 0.2) is 17.1 Å². The van der Waals surface area contributed by atoms with E-state index in [9.17, 15) is 9.59 Å². The van der Waals surface area contributed by atoms with Gasteiger partial charge >= 0.3 is 5.69 Å². The van der Waals surface area contributed by atoms with E-state index < -0.39 is 5.69 Å². The largest absolute Gasteiger partial charge is 0.454 e. The minimum atomic E-state index is -0.417. The van der Waals surface area contributed by atoms with Crippen LogP contribution in [-0.4, -0.2) is 37.3 Å². The van der Waals surface area contributed by atoms with E-state index in [2.05, 4.69) is 15.5 Å². The van der Waals surface area contributed by atoms with Gasteiger partial charge in [0, 0.05) is 11.8 Å². The van der Waals surface area contributed by atoms with Crippen molar-refractivity contribution in [2.75, 3.05) is 6.79 Å². The Kier molecular flexibility index (Phi) is 5.54. The van der Waals surface area contributed by atoms with Crippen molar-refractivity contribution in [2.24, 2.45) is 0 Å². The lowest BCUT2D eigenvalue weighted by atomic mass is 10.0. The van der Waals surface area contributed by atoms with Crippen molar-refractivity contribution in [3.8, 4) is 11.5 Å². The second-order valence-corrected chi connectivity index (χ2v) is 9.04. The summed E-state index contributed by atoms with van der Waals surface area (Å²) in [4.78, 5) is 25.1. The molecule has 31 heavy (non-hydrogen) atoms. The highest BCUT2D eigenvalue weighted by Crippen LogP contribution is 2.33. The highest BCUT2D eigenvalue weighted by atomic mass is 32.2. The topological polar surface area (TPSA) is 99.8 Å². The molecule has 0 saturated heterocycles. The zero-order valence-corrected chi connectivity index (χ0v) is 17.8. The minimum absolute atomic E-state index is 0.169. The SMILES string of the molecule is O=C(Cn1nc2ccc(SC3CCCCC3)nn2c1=O)NCc1ccc2c(c1)OCO2. The second-order valence-electron chi connectivity index (χ2n) is 7.72. The first-order valence-corrected chi connectivity index (χ1v) is 11.3. The number of rotatable bonds is 6. The van der Waals surface area contributed by atoms with Gasteiger partial charge in [-0.25, -0.2) is 9.48 Å². The summed E-state index contributed by atoms with van der Waals surface area (Å²) in [7, 11) is 0. The van der Waals surface area contributed by atoms with Crippen LogP contribution in [-0.2, 0) is 17.9 Å². The normalized spacial score (nSPS) is 16.0. The van der Waals surface area contributed by atoms with Crippen LogP contribution in [0.2, 0.25) is 0 Å². The molecular formula is C21H23N5O4S. The van der Waals surface area contributed by atoms with E-state index in [4.69, 9.17) is 9.47 Å². The van der Waals surface area contributed by atoms with E-state index in [1.165, 1.54) is 36.6 Å². The summed E-state index contributed by atoms with van der Waals surface area (Å²) in [6.45, 7) is 0.354. The summed E-state index contributed by atoms with van der Waals surface area (Å²) in [5, 5.41) is 12.9. The summed E-state index contributed by atoms with van der Waals surface area (Å²) in [5.41, 5.74) is 0.895. The smallest absolute Gasteiger partial charge is 0.367 e. The van der Waals surface area contributed by atoms with Gasteiger partial charge in [-0.2, -0.15) is 9.61 Å². The highest BCUT2D eigenvalue weighted by Gasteiger charge is 2.18. The van der Waals surface area contributed by atoms with Gasteiger partial charge in [-0.1, -0.05) is 25.3 Å². The lowest BCUT2D eigenvalue weighted by molar-refractivity contribution is -0.122. The van der Waals surface area contributed by atoms with E-state index >= 15 is 0 Å². The predicted molar refractivity (Wildman–Crippen MR) is 114 cm³/mol. The number of hydrogen-bond donors (Lipinski definition) is 1. The molecule has 0 radical (unpaired) electrons. The van der Waals surface area contributed by atoms with E-state index in [0.717, 1.165) is 15.3 Å². The number of aromatic nitrogens is 4. The van der Waals surface area contributed by atoms with Crippen molar-refractivity contribution in [3.05, 3.63) is 46.4 Å². The fourth-order valence-corrected chi connectivity index (χ4v) is 5.04. The van der Waals surface area contributed by atoms with Crippen LogP contribution in [0.5, 0.6) is 11.5 Å². The van der Waals surface area contributed by atoms with Crippen molar-refractivity contribution in [1.29, 1.82) is 0 Å². The van der Waals surface area contributed by atoms with E-state index in [1.54, 1.807) is 17.8 Å². The molecule has 1 saturated carbocycles. The fourth-order valence-electron chi connectivity index (χ4n) is 3.85. The zero-order chi connectivity index (χ0) is 21.2. The summed E-state index contributed by atoms with van der Waals surface area (Å²) >= 11 is 1.72. The maximum Gasteiger partial charge on any atom is 0.367 e. The van der Waals surface area contributed by atoms with Gasteiger partial charge in [-0.3, -0.25) is 4.79 Å². The van der Waals surface area contributed by atoms with Gasteiger partial charge < -0.3 is 14.8 Å². The number of thioether (sulfide) groups is 1. The number of amides is 1. The summed E-state index contributed by atoms with van der Waals surface area (Å²) < 4.78 is 13.1. The molecule has 5 rings (SSSR count). The maximum absolute atomic E-state index is 12.7. The van der Waals surface area contributed by atoms with Gasteiger partial charge in [-0.15, -0.1) is 16.9 Å². The van der Waals surface area contributed by atoms with Crippen LogP contribution in [0.15, 0.2) is 40.2 Å².